The van der Waals surface area contributed by atoms with E-state index < -0.39 is 0 Å². The molecule has 0 radical (unpaired) electrons. The number of nitriles is 1. The van der Waals surface area contributed by atoms with E-state index in [1.54, 1.807) is 12.4 Å². The van der Waals surface area contributed by atoms with Crippen molar-refractivity contribution in [3.05, 3.63) is 83.8 Å². The molecule has 2 heterocycles. The van der Waals surface area contributed by atoms with E-state index >= 15 is 0 Å². The van der Waals surface area contributed by atoms with Crippen LogP contribution in [0.5, 0.6) is 5.75 Å². The predicted molar refractivity (Wildman–Crippen MR) is 134 cm³/mol. The van der Waals surface area contributed by atoms with Gasteiger partial charge in [0, 0.05) is 23.8 Å². The van der Waals surface area contributed by atoms with Crippen LogP contribution in [0.15, 0.2) is 67.1 Å². The van der Waals surface area contributed by atoms with Gasteiger partial charge in [-0.3, -0.25) is 9.69 Å². The lowest BCUT2D eigenvalue weighted by Crippen LogP contribution is -2.24. The monoisotopic (exact) mass is 453 g/mol. The fraction of sp³-hybridized carbons (Fsp3) is 0.192. The summed E-state index contributed by atoms with van der Waals surface area (Å²) in [5.74, 6) is 6.42. The molecule has 0 saturated heterocycles. The van der Waals surface area contributed by atoms with E-state index in [9.17, 15) is 5.26 Å². The number of nitrogens with two attached hydrogens (primary N) is 2. The first-order valence-electron chi connectivity index (χ1n) is 11.0. The summed E-state index contributed by atoms with van der Waals surface area (Å²) < 4.78 is 8.18. The van der Waals surface area contributed by atoms with Crippen LogP contribution >= 0.6 is 0 Å². The molecule has 4 aromatic rings. The molecule has 4 rings (SSSR count). The molecule has 172 valence electrons. The number of hydrazine groups is 1. The summed E-state index contributed by atoms with van der Waals surface area (Å²) >= 11 is 0. The number of fused-ring (bicyclic) bond motifs is 1. The minimum absolute atomic E-state index is 0.114. The Balaban J connectivity index is 1.77. The lowest BCUT2D eigenvalue weighted by Gasteiger charge is -2.17. The van der Waals surface area contributed by atoms with E-state index in [2.05, 4.69) is 25.0 Å². The zero-order valence-electron chi connectivity index (χ0n) is 19.4. The SMILES string of the molecule is Cc1cnn(C(C)C)c1-c1nc2ccccc2c(OCc2ccc(N(N)/C=C\N)cc2)c1C#N. The van der Waals surface area contributed by atoms with Crippen LogP contribution in [-0.4, -0.2) is 14.8 Å². The number of hydrogen-bond acceptors (Lipinski definition) is 7. The summed E-state index contributed by atoms with van der Waals surface area (Å²) in [7, 11) is 0. The maximum Gasteiger partial charge on any atom is 0.149 e. The second-order valence-electron chi connectivity index (χ2n) is 8.21. The standard InChI is InChI=1S/C26H27N7O/c1-17(2)33-25(18(3)15-30-33)24-22(14-28)26(21-6-4-5-7-23(21)31-24)34-16-19-8-10-20(11-9-19)32(29)13-12-27/h4-13,15,17H,16,27,29H2,1-3H3/b13-12-. The van der Waals surface area contributed by atoms with Gasteiger partial charge in [-0.05, 0) is 56.2 Å². The van der Waals surface area contributed by atoms with E-state index in [4.69, 9.17) is 21.3 Å². The van der Waals surface area contributed by atoms with E-state index in [-0.39, 0.29) is 12.6 Å². The number of ether oxygens (including phenoxy) is 1. The van der Waals surface area contributed by atoms with Crippen molar-refractivity contribution < 1.29 is 4.74 Å². The van der Waals surface area contributed by atoms with Gasteiger partial charge in [0.05, 0.1) is 23.1 Å². The maximum absolute atomic E-state index is 10.2. The number of pyridine rings is 1. The van der Waals surface area contributed by atoms with Crippen LogP contribution in [0.2, 0.25) is 0 Å². The van der Waals surface area contributed by atoms with Gasteiger partial charge in [0.15, 0.2) is 0 Å². The van der Waals surface area contributed by atoms with Gasteiger partial charge in [0.25, 0.3) is 0 Å². The van der Waals surface area contributed by atoms with Gasteiger partial charge in [0.2, 0.25) is 0 Å². The summed E-state index contributed by atoms with van der Waals surface area (Å²) in [6.07, 6.45) is 4.74. The lowest BCUT2D eigenvalue weighted by molar-refractivity contribution is 0.309. The van der Waals surface area contributed by atoms with Gasteiger partial charge in [-0.25, -0.2) is 10.8 Å². The van der Waals surface area contributed by atoms with Crippen molar-refractivity contribution in [3.8, 4) is 23.2 Å². The van der Waals surface area contributed by atoms with E-state index in [0.29, 0.717) is 17.0 Å². The Morgan fingerprint density at radius 3 is 2.59 bits per heavy atom. The molecule has 0 aliphatic carbocycles. The summed E-state index contributed by atoms with van der Waals surface area (Å²) in [4.78, 5) is 4.86. The Morgan fingerprint density at radius 1 is 1.18 bits per heavy atom. The quantitative estimate of drug-likeness (QED) is 0.311. The lowest BCUT2D eigenvalue weighted by atomic mass is 10.0. The van der Waals surface area contributed by atoms with E-state index in [0.717, 1.165) is 33.4 Å². The van der Waals surface area contributed by atoms with Crippen LogP contribution in [0, 0.1) is 18.3 Å². The van der Waals surface area contributed by atoms with Crippen LogP contribution in [0.4, 0.5) is 5.69 Å². The average molecular weight is 454 g/mol. The van der Waals surface area contributed by atoms with Gasteiger partial charge in [0.1, 0.15) is 29.7 Å². The number of benzene rings is 2. The van der Waals surface area contributed by atoms with Crippen LogP contribution in [0.25, 0.3) is 22.3 Å². The molecule has 0 unspecified atom stereocenters. The third-order valence-electron chi connectivity index (χ3n) is 5.51. The second-order valence-corrected chi connectivity index (χ2v) is 8.21. The largest absolute Gasteiger partial charge is 0.487 e. The Hall–Kier alpha value is -4.35. The highest BCUT2D eigenvalue weighted by atomic mass is 16.5. The summed E-state index contributed by atoms with van der Waals surface area (Å²) in [6, 6.07) is 17.7. The number of para-hydroxylation sites is 1. The van der Waals surface area contributed by atoms with Gasteiger partial charge < -0.3 is 10.5 Å². The normalized spacial score (nSPS) is 11.3. The summed E-state index contributed by atoms with van der Waals surface area (Å²) in [6.45, 7) is 6.36. The van der Waals surface area contributed by atoms with E-state index in [1.807, 2.05) is 60.1 Å². The van der Waals surface area contributed by atoms with E-state index in [1.165, 1.54) is 11.2 Å². The number of nitrogens with zero attached hydrogens (tertiary/aromatic N) is 5. The Bertz CT molecular complexity index is 1380. The van der Waals surface area contributed by atoms with Crippen molar-refractivity contribution in [3.63, 3.8) is 0 Å². The fourth-order valence-electron chi connectivity index (χ4n) is 3.84. The minimum atomic E-state index is 0.114. The van der Waals surface area contributed by atoms with Crippen molar-refractivity contribution >= 4 is 16.6 Å². The molecule has 8 heteroatoms. The molecule has 0 amide bonds. The molecule has 2 aromatic carbocycles. The Labute approximate surface area is 198 Å². The summed E-state index contributed by atoms with van der Waals surface area (Å²) in [5, 5.41) is 16.9. The number of aryl methyl sites for hydroxylation is 1. The van der Waals surface area contributed by atoms with Gasteiger partial charge >= 0.3 is 0 Å². The third kappa shape index (κ3) is 4.29. The molecular weight excluding hydrogens is 426 g/mol. The highest BCUT2D eigenvalue weighted by Crippen LogP contribution is 2.37. The fourth-order valence-corrected chi connectivity index (χ4v) is 3.84. The van der Waals surface area contributed by atoms with Crippen molar-refractivity contribution in [1.29, 1.82) is 5.26 Å². The molecule has 0 saturated carbocycles. The molecule has 0 atom stereocenters. The molecule has 34 heavy (non-hydrogen) atoms. The van der Waals surface area contributed by atoms with Gasteiger partial charge in [-0.2, -0.15) is 10.4 Å². The molecular formula is C26H27N7O. The van der Waals surface area contributed by atoms with Crippen LogP contribution in [-0.2, 0) is 6.61 Å². The third-order valence-corrected chi connectivity index (χ3v) is 5.51. The van der Waals surface area contributed by atoms with Crippen molar-refractivity contribution in [2.24, 2.45) is 11.6 Å². The molecule has 0 aliphatic heterocycles. The molecule has 0 fully saturated rings. The first kappa shape index (κ1) is 22.8. The molecule has 2 aromatic heterocycles. The van der Waals surface area contributed by atoms with Gasteiger partial charge in [-0.1, -0.05) is 24.3 Å². The van der Waals surface area contributed by atoms with Crippen molar-refractivity contribution in [1.82, 2.24) is 14.8 Å². The highest BCUT2D eigenvalue weighted by molar-refractivity contribution is 5.91. The van der Waals surface area contributed by atoms with Crippen LogP contribution < -0.4 is 21.3 Å². The molecule has 0 bridgehead atoms. The topological polar surface area (TPSA) is 119 Å². The van der Waals surface area contributed by atoms with Gasteiger partial charge in [-0.15, -0.1) is 0 Å². The molecule has 0 aliphatic rings. The van der Waals surface area contributed by atoms with Crippen molar-refractivity contribution in [2.45, 2.75) is 33.4 Å². The molecule has 0 spiro atoms. The zero-order chi connectivity index (χ0) is 24.2. The van der Waals surface area contributed by atoms with Crippen LogP contribution in [0.1, 0.15) is 36.6 Å². The molecule has 8 nitrogen and oxygen atoms in total. The zero-order valence-corrected chi connectivity index (χ0v) is 19.4. The molecule has 4 N–H and O–H groups in total. The number of hydrogen-bond donors (Lipinski definition) is 2. The summed E-state index contributed by atoms with van der Waals surface area (Å²) in [5.41, 5.74) is 10.6. The van der Waals surface area contributed by atoms with Crippen molar-refractivity contribution in [2.75, 3.05) is 5.01 Å². The average Bonchev–Trinajstić information content (AvgIpc) is 3.23. The first-order chi connectivity index (χ1) is 16.4. The Morgan fingerprint density at radius 2 is 1.91 bits per heavy atom. The second kappa shape index (κ2) is 9.65. The minimum Gasteiger partial charge on any atom is -0.487 e. The number of rotatable bonds is 7. The van der Waals surface area contributed by atoms with Crippen LogP contribution in [0.3, 0.4) is 0 Å². The first-order valence-corrected chi connectivity index (χ1v) is 11.0. The predicted octanol–water partition coefficient (Wildman–Crippen LogP) is 4.55. The number of aromatic nitrogens is 3. The number of anilines is 1. The Kier molecular flexibility index (Phi) is 6.48. The smallest absolute Gasteiger partial charge is 0.149 e. The highest BCUT2D eigenvalue weighted by Gasteiger charge is 2.23. The maximum atomic E-state index is 10.2.